The van der Waals surface area contributed by atoms with Gasteiger partial charge in [0.25, 0.3) is 0 Å². The minimum atomic E-state index is -0.615. The molecule has 0 saturated heterocycles. The van der Waals surface area contributed by atoms with Gasteiger partial charge in [0, 0.05) is 19.5 Å². The molecule has 1 fully saturated rings. The van der Waals surface area contributed by atoms with Crippen LogP contribution < -0.4 is 4.90 Å². The summed E-state index contributed by atoms with van der Waals surface area (Å²) in [7, 11) is 0. The van der Waals surface area contributed by atoms with Gasteiger partial charge in [-0.05, 0) is 18.6 Å². The van der Waals surface area contributed by atoms with Crippen molar-refractivity contribution in [2.45, 2.75) is 43.2 Å². The molecule has 2 unspecified atom stereocenters. The Kier molecular flexibility index (Phi) is 5.12. The lowest BCUT2D eigenvalue weighted by Gasteiger charge is -2.32. The number of nitrogens with zero attached hydrogens (tertiary/aromatic N) is 1. The molecular weight excluding hydrogens is 313 g/mol. The molecule has 1 aliphatic carbocycles. The summed E-state index contributed by atoms with van der Waals surface area (Å²) in [5, 5.41) is -0.877. The fourth-order valence-corrected chi connectivity index (χ4v) is 3.34. The molecule has 0 spiro atoms. The summed E-state index contributed by atoms with van der Waals surface area (Å²) in [5.74, 6) is -0.573. The molecule has 6 heteroatoms. The van der Waals surface area contributed by atoms with E-state index in [1.54, 1.807) is 4.90 Å². The average Bonchev–Trinajstić information content (AvgIpc) is 2.68. The van der Waals surface area contributed by atoms with E-state index in [-0.39, 0.29) is 17.3 Å². The van der Waals surface area contributed by atoms with Crippen molar-refractivity contribution in [3.8, 4) is 0 Å². The number of amides is 1. The first-order chi connectivity index (χ1) is 9.91. The SMILES string of the molecule is CC(=O)O[C@@H]1C(Cl)C(Cl)C[C@H]1N(C(C)=O)c1ccccc1. The fourth-order valence-electron chi connectivity index (χ4n) is 2.70. The summed E-state index contributed by atoms with van der Waals surface area (Å²) in [5.41, 5.74) is 0.738. The molecule has 0 N–H and O–H groups in total. The van der Waals surface area contributed by atoms with Crippen LogP contribution in [0.3, 0.4) is 0 Å². The minimum absolute atomic E-state index is 0.141. The molecule has 114 valence electrons. The zero-order chi connectivity index (χ0) is 15.6. The van der Waals surface area contributed by atoms with Gasteiger partial charge in [-0.15, -0.1) is 23.2 Å². The Hall–Kier alpha value is -1.26. The molecule has 0 aliphatic heterocycles. The number of benzene rings is 1. The molecule has 4 nitrogen and oxygen atoms in total. The second kappa shape index (κ2) is 6.67. The number of carbonyl (C=O) groups excluding carboxylic acids is 2. The lowest BCUT2D eigenvalue weighted by Crippen LogP contribution is -2.47. The molecule has 1 aliphatic rings. The van der Waals surface area contributed by atoms with E-state index < -0.39 is 17.5 Å². The molecule has 1 amide bonds. The standard InChI is InChI=1S/C15H17Cl2NO3/c1-9(19)18(11-6-4-3-5-7-11)13-8-12(16)14(17)15(13)21-10(2)20/h3-7,12-15H,8H2,1-2H3/t12?,13-,14?,15+/m1/s1. The van der Waals surface area contributed by atoms with Crippen molar-refractivity contribution in [3.63, 3.8) is 0 Å². The van der Waals surface area contributed by atoms with Gasteiger partial charge in [-0.25, -0.2) is 0 Å². The number of hydrogen-bond donors (Lipinski definition) is 0. The highest BCUT2D eigenvalue weighted by Crippen LogP contribution is 2.37. The van der Waals surface area contributed by atoms with Gasteiger partial charge in [0.1, 0.15) is 6.10 Å². The summed E-state index contributed by atoms with van der Waals surface area (Å²) >= 11 is 12.5. The van der Waals surface area contributed by atoms with E-state index in [1.807, 2.05) is 30.3 Å². The van der Waals surface area contributed by atoms with Crippen LogP contribution in [0.25, 0.3) is 0 Å². The molecule has 0 radical (unpaired) electrons. The first-order valence-corrected chi connectivity index (χ1v) is 7.59. The largest absolute Gasteiger partial charge is 0.459 e. The molecule has 2 rings (SSSR count). The van der Waals surface area contributed by atoms with E-state index >= 15 is 0 Å². The maximum Gasteiger partial charge on any atom is 0.303 e. The van der Waals surface area contributed by atoms with Gasteiger partial charge in [0.2, 0.25) is 5.91 Å². The molecule has 1 saturated carbocycles. The smallest absolute Gasteiger partial charge is 0.303 e. The first-order valence-electron chi connectivity index (χ1n) is 6.72. The van der Waals surface area contributed by atoms with Crippen LogP contribution in [-0.2, 0) is 14.3 Å². The van der Waals surface area contributed by atoms with Crippen molar-refractivity contribution in [2.24, 2.45) is 0 Å². The second-order valence-corrected chi connectivity index (χ2v) is 6.13. The van der Waals surface area contributed by atoms with Crippen molar-refractivity contribution in [2.75, 3.05) is 4.90 Å². The zero-order valence-electron chi connectivity index (χ0n) is 11.8. The summed E-state index contributed by atoms with van der Waals surface area (Å²) < 4.78 is 5.31. The predicted molar refractivity (Wildman–Crippen MR) is 82.8 cm³/mol. The lowest BCUT2D eigenvalue weighted by atomic mass is 10.1. The van der Waals surface area contributed by atoms with Gasteiger partial charge in [-0.1, -0.05) is 18.2 Å². The quantitative estimate of drug-likeness (QED) is 0.632. The number of halogens is 2. The lowest BCUT2D eigenvalue weighted by molar-refractivity contribution is -0.146. The first kappa shape index (κ1) is 16.1. The van der Waals surface area contributed by atoms with Crippen LogP contribution in [0.1, 0.15) is 20.3 Å². The van der Waals surface area contributed by atoms with E-state index in [2.05, 4.69) is 0 Å². The molecule has 0 heterocycles. The maximum atomic E-state index is 12.1. The van der Waals surface area contributed by atoms with E-state index in [4.69, 9.17) is 27.9 Å². The summed E-state index contributed by atoms with van der Waals surface area (Å²) in [6, 6.07) is 8.86. The van der Waals surface area contributed by atoms with Crippen LogP contribution >= 0.6 is 23.2 Å². The van der Waals surface area contributed by atoms with E-state index in [1.165, 1.54) is 13.8 Å². The van der Waals surface area contributed by atoms with Gasteiger partial charge >= 0.3 is 5.97 Å². The number of para-hydroxylation sites is 1. The van der Waals surface area contributed by atoms with Crippen molar-refractivity contribution in [3.05, 3.63) is 30.3 Å². The molecule has 4 atom stereocenters. The van der Waals surface area contributed by atoms with Gasteiger partial charge in [0.05, 0.1) is 16.8 Å². The summed E-state index contributed by atoms with van der Waals surface area (Å²) in [6.07, 6.45) is -0.141. The third kappa shape index (κ3) is 3.50. The van der Waals surface area contributed by atoms with Crippen LogP contribution in [0.5, 0.6) is 0 Å². The normalized spacial score (nSPS) is 28.2. The number of carbonyl (C=O) groups is 2. The topological polar surface area (TPSA) is 46.6 Å². The fraction of sp³-hybridized carbons (Fsp3) is 0.467. The minimum Gasteiger partial charge on any atom is -0.459 e. The Morgan fingerprint density at radius 2 is 1.81 bits per heavy atom. The van der Waals surface area contributed by atoms with Gasteiger partial charge < -0.3 is 9.64 Å². The number of esters is 1. The van der Waals surface area contributed by atoms with Crippen molar-refractivity contribution in [1.29, 1.82) is 0 Å². The Balaban J connectivity index is 2.34. The number of hydrogen-bond acceptors (Lipinski definition) is 3. The van der Waals surface area contributed by atoms with Crippen LogP contribution in [0, 0.1) is 0 Å². The number of ether oxygens (including phenoxy) is 1. The molecule has 0 bridgehead atoms. The van der Waals surface area contributed by atoms with E-state index in [9.17, 15) is 9.59 Å². The Morgan fingerprint density at radius 3 is 2.33 bits per heavy atom. The molecule has 1 aromatic carbocycles. The number of anilines is 1. The highest BCUT2D eigenvalue weighted by Gasteiger charge is 2.47. The Morgan fingerprint density at radius 1 is 1.19 bits per heavy atom. The van der Waals surface area contributed by atoms with Crippen molar-refractivity contribution < 1.29 is 14.3 Å². The van der Waals surface area contributed by atoms with E-state index in [0.717, 1.165) is 5.69 Å². The molecular formula is C15H17Cl2NO3. The highest BCUT2D eigenvalue weighted by molar-refractivity contribution is 6.31. The van der Waals surface area contributed by atoms with Gasteiger partial charge in [-0.2, -0.15) is 0 Å². The van der Waals surface area contributed by atoms with Crippen molar-refractivity contribution in [1.82, 2.24) is 0 Å². The van der Waals surface area contributed by atoms with Crippen LogP contribution in [0.2, 0.25) is 0 Å². The molecule has 1 aromatic rings. The van der Waals surface area contributed by atoms with Crippen LogP contribution in [0.4, 0.5) is 5.69 Å². The summed E-state index contributed by atoms with van der Waals surface area (Å²) in [4.78, 5) is 25.0. The van der Waals surface area contributed by atoms with Gasteiger partial charge in [0.15, 0.2) is 0 Å². The molecule has 0 aromatic heterocycles. The third-order valence-corrected chi connectivity index (χ3v) is 4.64. The molecule has 21 heavy (non-hydrogen) atoms. The third-order valence-electron chi connectivity index (χ3n) is 3.51. The van der Waals surface area contributed by atoms with E-state index in [0.29, 0.717) is 6.42 Å². The predicted octanol–water partition coefficient (Wildman–Crippen LogP) is 2.96. The average molecular weight is 330 g/mol. The Bertz CT molecular complexity index is 523. The number of alkyl halides is 2. The van der Waals surface area contributed by atoms with Crippen LogP contribution in [-0.4, -0.2) is 34.8 Å². The summed E-state index contributed by atoms with van der Waals surface area (Å²) in [6.45, 7) is 2.80. The van der Waals surface area contributed by atoms with Crippen LogP contribution in [0.15, 0.2) is 30.3 Å². The van der Waals surface area contributed by atoms with Gasteiger partial charge in [-0.3, -0.25) is 9.59 Å². The second-order valence-electron chi connectivity index (χ2n) is 5.06. The maximum absolute atomic E-state index is 12.1. The monoisotopic (exact) mass is 329 g/mol. The van der Waals surface area contributed by atoms with Crippen molar-refractivity contribution >= 4 is 40.8 Å². The zero-order valence-corrected chi connectivity index (χ0v) is 13.3. The Labute approximate surface area is 134 Å². The highest BCUT2D eigenvalue weighted by atomic mass is 35.5. The number of rotatable bonds is 3.